The van der Waals surface area contributed by atoms with Crippen LogP contribution in [0.5, 0.6) is 0 Å². The smallest absolute Gasteiger partial charge is 0.0620 e. The van der Waals surface area contributed by atoms with Crippen LogP contribution < -0.4 is 5.32 Å². The molecule has 0 aliphatic carbocycles. The van der Waals surface area contributed by atoms with Crippen LogP contribution >= 0.6 is 0 Å². The zero-order valence-electron chi connectivity index (χ0n) is 13.1. The van der Waals surface area contributed by atoms with E-state index in [1.54, 1.807) is 0 Å². The summed E-state index contributed by atoms with van der Waals surface area (Å²) >= 11 is 0. The molecule has 0 amide bonds. The Morgan fingerprint density at radius 1 is 1.33 bits per heavy atom. The highest BCUT2D eigenvalue weighted by Crippen LogP contribution is 2.27. The first kappa shape index (κ1) is 15.9. The summed E-state index contributed by atoms with van der Waals surface area (Å²) in [5.74, 6) is 1.35. The molecule has 0 bridgehead atoms. The standard InChI is InChI=1S/C15H32N2O/c1-7-16-14-8-9-17(13(5)12(14)4)15(10-18-6)11(2)3/h11-16H,7-10H2,1-6H3. The molecule has 1 rings (SSSR count). The number of likely N-dealkylation sites (tertiary alicyclic amines) is 1. The fourth-order valence-electron chi connectivity index (χ4n) is 3.25. The number of rotatable bonds is 6. The molecule has 1 aliphatic rings. The van der Waals surface area contributed by atoms with Gasteiger partial charge in [0.15, 0.2) is 0 Å². The maximum atomic E-state index is 5.42. The van der Waals surface area contributed by atoms with Crippen molar-refractivity contribution in [2.45, 2.75) is 59.2 Å². The largest absolute Gasteiger partial charge is 0.383 e. The molecular weight excluding hydrogens is 224 g/mol. The minimum atomic E-state index is 0.551. The van der Waals surface area contributed by atoms with E-state index in [1.165, 1.54) is 13.0 Å². The van der Waals surface area contributed by atoms with Crippen molar-refractivity contribution in [2.24, 2.45) is 11.8 Å². The second-order valence-corrected chi connectivity index (χ2v) is 6.06. The average Bonchev–Trinajstić information content (AvgIpc) is 2.33. The van der Waals surface area contributed by atoms with Crippen LogP contribution in [-0.4, -0.2) is 49.8 Å². The van der Waals surface area contributed by atoms with Gasteiger partial charge in [-0.15, -0.1) is 0 Å². The molecule has 3 nitrogen and oxygen atoms in total. The molecular formula is C15H32N2O. The summed E-state index contributed by atoms with van der Waals surface area (Å²) in [6, 6.07) is 1.86. The van der Waals surface area contributed by atoms with Crippen LogP contribution in [0.4, 0.5) is 0 Å². The maximum absolute atomic E-state index is 5.42. The highest BCUT2D eigenvalue weighted by atomic mass is 16.5. The lowest BCUT2D eigenvalue weighted by molar-refractivity contribution is -0.00595. The Morgan fingerprint density at radius 3 is 2.50 bits per heavy atom. The first-order valence-corrected chi connectivity index (χ1v) is 7.50. The minimum absolute atomic E-state index is 0.551. The highest BCUT2D eigenvalue weighted by molar-refractivity contribution is 4.92. The summed E-state index contributed by atoms with van der Waals surface area (Å²) in [6.07, 6.45) is 1.26. The molecule has 1 heterocycles. The van der Waals surface area contributed by atoms with Crippen molar-refractivity contribution >= 4 is 0 Å². The van der Waals surface area contributed by atoms with Gasteiger partial charge < -0.3 is 10.1 Å². The molecule has 0 aromatic carbocycles. The van der Waals surface area contributed by atoms with Gasteiger partial charge in [0.2, 0.25) is 0 Å². The van der Waals surface area contributed by atoms with Gasteiger partial charge in [-0.05, 0) is 31.7 Å². The molecule has 1 saturated heterocycles. The van der Waals surface area contributed by atoms with Gasteiger partial charge in [0.05, 0.1) is 6.61 Å². The summed E-state index contributed by atoms with van der Waals surface area (Å²) in [5, 5.41) is 3.63. The van der Waals surface area contributed by atoms with E-state index in [1.807, 2.05) is 7.11 Å². The summed E-state index contributed by atoms with van der Waals surface area (Å²) in [7, 11) is 1.81. The van der Waals surface area contributed by atoms with Gasteiger partial charge in [0.25, 0.3) is 0 Å². The Kier molecular flexibility index (Phi) is 6.61. The Labute approximate surface area is 113 Å². The van der Waals surface area contributed by atoms with Crippen molar-refractivity contribution in [3.8, 4) is 0 Å². The molecule has 1 N–H and O–H groups in total. The van der Waals surface area contributed by atoms with E-state index < -0.39 is 0 Å². The molecule has 0 aromatic rings. The minimum Gasteiger partial charge on any atom is -0.383 e. The maximum Gasteiger partial charge on any atom is 0.0620 e. The molecule has 0 saturated carbocycles. The zero-order valence-corrected chi connectivity index (χ0v) is 13.1. The Balaban J connectivity index is 2.68. The van der Waals surface area contributed by atoms with Gasteiger partial charge in [0.1, 0.15) is 0 Å². The van der Waals surface area contributed by atoms with Crippen molar-refractivity contribution in [3.63, 3.8) is 0 Å². The third kappa shape index (κ3) is 3.69. The number of hydrogen-bond donors (Lipinski definition) is 1. The van der Waals surface area contributed by atoms with Crippen LogP contribution in [0.15, 0.2) is 0 Å². The molecule has 1 fully saturated rings. The van der Waals surface area contributed by atoms with Gasteiger partial charge >= 0.3 is 0 Å². The fourth-order valence-corrected chi connectivity index (χ4v) is 3.25. The molecule has 4 unspecified atom stereocenters. The van der Waals surface area contributed by atoms with E-state index in [-0.39, 0.29) is 0 Å². The van der Waals surface area contributed by atoms with Crippen molar-refractivity contribution in [1.82, 2.24) is 10.2 Å². The quantitative estimate of drug-likeness (QED) is 0.789. The summed E-state index contributed by atoms with van der Waals surface area (Å²) in [6.45, 7) is 14.7. The molecule has 1 aliphatic heterocycles. The highest BCUT2D eigenvalue weighted by Gasteiger charge is 2.36. The number of methoxy groups -OCH3 is 1. The summed E-state index contributed by atoms with van der Waals surface area (Å²) in [4.78, 5) is 2.66. The molecule has 3 heteroatoms. The van der Waals surface area contributed by atoms with E-state index >= 15 is 0 Å². The Hall–Kier alpha value is -0.120. The monoisotopic (exact) mass is 256 g/mol. The van der Waals surface area contributed by atoms with Crippen LogP contribution in [-0.2, 0) is 4.74 Å². The van der Waals surface area contributed by atoms with Crippen molar-refractivity contribution in [3.05, 3.63) is 0 Å². The van der Waals surface area contributed by atoms with E-state index in [9.17, 15) is 0 Å². The number of ether oxygens (including phenoxy) is 1. The topological polar surface area (TPSA) is 24.5 Å². The summed E-state index contributed by atoms with van der Waals surface area (Å²) < 4.78 is 5.42. The number of piperidine rings is 1. The third-order valence-corrected chi connectivity index (χ3v) is 4.62. The Morgan fingerprint density at radius 2 is 2.00 bits per heavy atom. The van der Waals surface area contributed by atoms with Crippen LogP contribution in [0.2, 0.25) is 0 Å². The van der Waals surface area contributed by atoms with Gasteiger partial charge in [0, 0.05) is 31.8 Å². The predicted molar refractivity (Wildman–Crippen MR) is 77.9 cm³/mol. The second kappa shape index (κ2) is 7.46. The van der Waals surface area contributed by atoms with E-state index in [0.29, 0.717) is 30.0 Å². The average molecular weight is 256 g/mol. The first-order chi connectivity index (χ1) is 8.52. The second-order valence-electron chi connectivity index (χ2n) is 6.06. The van der Waals surface area contributed by atoms with Crippen molar-refractivity contribution in [2.75, 3.05) is 26.8 Å². The molecule has 108 valence electrons. The SMILES string of the molecule is CCNC1CCN(C(COC)C(C)C)C(C)C1C. The molecule has 0 spiro atoms. The summed E-state index contributed by atoms with van der Waals surface area (Å²) in [5.41, 5.74) is 0. The van der Waals surface area contributed by atoms with Gasteiger partial charge in [-0.3, -0.25) is 4.90 Å². The van der Waals surface area contributed by atoms with Crippen molar-refractivity contribution in [1.29, 1.82) is 0 Å². The normalized spacial score (nSPS) is 31.8. The van der Waals surface area contributed by atoms with Crippen molar-refractivity contribution < 1.29 is 4.74 Å². The first-order valence-electron chi connectivity index (χ1n) is 7.50. The van der Waals surface area contributed by atoms with Crippen LogP contribution in [0.1, 0.15) is 41.0 Å². The van der Waals surface area contributed by atoms with E-state index in [2.05, 4.69) is 44.8 Å². The predicted octanol–water partition coefficient (Wildman–Crippen LogP) is 2.37. The number of nitrogens with zero attached hydrogens (tertiary/aromatic N) is 1. The van der Waals surface area contributed by atoms with Gasteiger partial charge in [-0.1, -0.05) is 27.7 Å². The van der Waals surface area contributed by atoms with E-state index in [0.717, 1.165) is 13.2 Å². The van der Waals surface area contributed by atoms with Crippen LogP contribution in [0, 0.1) is 11.8 Å². The Bertz CT molecular complexity index is 233. The van der Waals surface area contributed by atoms with E-state index in [4.69, 9.17) is 4.74 Å². The molecule has 4 atom stereocenters. The lowest BCUT2D eigenvalue weighted by Crippen LogP contribution is -2.58. The molecule has 0 radical (unpaired) electrons. The molecule has 18 heavy (non-hydrogen) atoms. The third-order valence-electron chi connectivity index (χ3n) is 4.62. The van der Waals surface area contributed by atoms with Crippen LogP contribution in [0.25, 0.3) is 0 Å². The lowest BCUT2D eigenvalue weighted by Gasteiger charge is -2.47. The lowest BCUT2D eigenvalue weighted by atomic mass is 9.84. The van der Waals surface area contributed by atoms with Gasteiger partial charge in [-0.25, -0.2) is 0 Å². The number of hydrogen-bond acceptors (Lipinski definition) is 3. The fraction of sp³-hybridized carbons (Fsp3) is 1.00. The molecule has 0 aromatic heterocycles. The zero-order chi connectivity index (χ0) is 13.7. The number of nitrogens with one attached hydrogen (secondary N) is 1. The van der Waals surface area contributed by atoms with Gasteiger partial charge in [-0.2, -0.15) is 0 Å². The van der Waals surface area contributed by atoms with Crippen LogP contribution in [0.3, 0.4) is 0 Å².